The molecule has 1 atom stereocenters. The maximum Gasteiger partial charge on any atom is 0.268 e. The predicted octanol–water partition coefficient (Wildman–Crippen LogP) is 3.64. The molecule has 4 aromatic heterocycles. The molecule has 0 radical (unpaired) electrons. The van der Waals surface area contributed by atoms with Gasteiger partial charge in [-0.15, -0.1) is 0 Å². The number of aromatic nitrogens is 6. The fourth-order valence-electron chi connectivity index (χ4n) is 3.89. The van der Waals surface area contributed by atoms with Gasteiger partial charge in [0, 0.05) is 32.0 Å². The molecule has 1 aliphatic heterocycles. The Hall–Kier alpha value is -3.34. The third-order valence-electron chi connectivity index (χ3n) is 5.83. The van der Waals surface area contributed by atoms with E-state index in [1.165, 1.54) is 17.2 Å². The highest BCUT2D eigenvalue weighted by atomic mass is 35.5. The van der Waals surface area contributed by atoms with Crippen LogP contribution in [0.15, 0.2) is 49.2 Å². The number of amides is 1. The highest BCUT2D eigenvalue weighted by Crippen LogP contribution is 2.27. The number of hydrogen-bond acceptors (Lipinski definition) is 8. The van der Waals surface area contributed by atoms with Crippen LogP contribution in [0.25, 0.3) is 16.9 Å². The van der Waals surface area contributed by atoms with Crippen LogP contribution in [0.3, 0.4) is 0 Å². The van der Waals surface area contributed by atoms with Crippen LogP contribution in [0.2, 0.25) is 10.0 Å². The Labute approximate surface area is 211 Å². The topological polar surface area (TPSA) is 111 Å². The van der Waals surface area contributed by atoms with Crippen molar-refractivity contribution in [3.63, 3.8) is 0 Å². The van der Waals surface area contributed by atoms with Gasteiger partial charge in [-0.05, 0) is 30.2 Å². The van der Waals surface area contributed by atoms with E-state index < -0.39 is 6.10 Å². The van der Waals surface area contributed by atoms with E-state index in [4.69, 9.17) is 27.9 Å². The molecule has 1 fully saturated rings. The molecule has 10 nitrogen and oxygen atoms in total. The Balaban J connectivity index is 1.42. The fraction of sp³-hybridized carbons (Fsp3) is 0.304. The molecule has 1 saturated heterocycles. The van der Waals surface area contributed by atoms with Gasteiger partial charge in [0.1, 0.15) is 17.5 Å². The molecule has 1 aliphatic rings. The monoisotopic (exact) mass is 512 g/mol. The average molecular weight is 513 g/mol. The van der Waals surface area contributed by atoms with Crippen molar-refractivity contribution in [3.05, 3.63) is 59.2 Å². The molecule has 0 saturated carbocycles. The van der Waals surface area contributed by atoms with Gasteiger partial charge in [-0.1, -0.05) is 36.5 Å². The highest BCUT2D eigenvalue weighted by Gasteiger charge is 2.32. The third-order valence-corrected chi connectivity index (χ3v) is 6.35. The summed E-state index contributed by atoms with van der Waals surface area (Å²) in [6.45, 7) is 4.40. The summed E-state index contributed by atoms with van der Waals surface area (Å²) in [6, 6.07) is 6.75. The number of hydrogen-bond donors (Lipinski definition) is 1. The average Bonchev–Trinajstić information content (AvgIpc) is 3.27. The van der Waals surface area contributed by atoms with Crippen LogP contribution < -0.4 is 10.1 Å². The Bertz CT molecular complexity index is 1340. The van der Waals surface area contributed by atoms with Crippen LogP contribution in [0, 0.1) is 5.92 Å². The minimum atomic E-state index is -0.842. The lowest BCUT2D eigenvalue weighted by Crippen LogP contribution is -2.53. The largest absolute Gasteiger partial charge is 0.462 e. The van der Waals surface area contributed by atoms with Gasteiger partial charge in [0.05, 0.1) is 16.2 Å². The summed E-state index contributed by atoms with van der Waals surface area (Å²) in [5.74, 6) is 1.34. The summed E-state index contributed by atoms with van der Waals surface area (Å²) in [7, 11) is 0. The summed E-state index contributed by atoms with van der Waals surface area (Å²) >= 11 is 12.2. The SMILES string of the molecule is CCC1CN(CC(Oc2ncnc3c2cnn3-c2ncccc2Cl)C(=O)Nc2ccc(Cl)cn2)C1. The van der Waals surface area contributed by atoms with E-state index in [1.807, 2.05) is 0 Å². The van der Waals surface area contributed by atoms with Crippen LogP contribution >= 0.6 is 23.2 Å². The Morgan fingerprint density at radius 3 is 2.77 bits per heavy atom. The first-order valence-electron chi connectivity index (χ1n) is 11.1. The van der Waals surface area contributed by atoms with E-state index in [9.17, 15) is 4.79 Å². The van der Waals surface area contributed by atoms with E-state index in [2.05, 4.69) is 42.2 Å². The molecule has 1 amide bonds. The minimum Gasteiger partial charge on any atom is -0.462 e. The van der Waals surface area contributed by atoms with Gasteiger partial charge in [0.2, 0.25) is 5.88 Å². The maximum atomic E-state index is 13.2. The molecule has 5 heterocycles. The third kappa shape index (κ3) is 5.04. The Morgan fingerprint density at radius 2 is 2.03 bits per heavy atom. The Kier molecular flexibility index (Phi) is 6.76. The van der Waals surface area contributed by atoms with Crippen LogP contribution in [0.4, 0.5) is 5.82 Å². The van der Waals surface area contributed by atoms with Gasteiger partial charge in [-0.2, -0.15) is 9.78 Å². The molecule has 1 N–H and O–H groups in total. The second-order valence-corrected chi connectivity index (χ2v) is 9.08. The van der Waals surface area contributed by atoms with Crippen molar-refractivity contribution in [2.24, 2.45) is 5.92 Å². The first-order chi connectivity index (χ1) is 17.0. The lowest BCUT2D eigenvalue weighted by molar-refractivity contribution is -0.124. The normalized spacial score (nSPS) is 15.1. The second kappa shape index (κ2) is 10.1. The van der Waals surface area contributed by atoms with Gasteiger partial charge in [-0.3, -0.25) is 9.69 Å². The van der Waals surface area contributed by atoms with Crippen molar-refractivity contribution in [1.29, 1.82) is 0 Å². The molecule has 0 spiro atoms. The predicted molar refractivity (Wildman–Crippen MR) is 132 cm³/mol. The zero-order valence-electron chi connectivity index (χ0n) is 18.8. The number of halogens is 2. The van der Waals surface area contributed by atoms with E-state index in [-0.39, 0.29) is 11.8 Å². The van der Waals surface area contributed by atoms with Gasteiger partial charge in [-0.25, -0.2) is 19.9 Å². The van der Waals surface area contributed by atoms with Crippen molar-refractivity contribution < 1.29 is 9.53 Å². The van der Waals surface area contributed by atoms with Gasteiger partial charge >= 0.3 is 0 Å². The molecule has 12 heteroatoms. The quantitative estimate of drug-likeness (QED) is 0.380. The minimum absolute atomic E-state index is 0.241. The molecule has 0 aromatic carbocycles. The number of likely N-dealkylation sites (tertiary alicyclic amines) is 1. The summed E-state index contributed by atoms with van der Waals surface area (Å²) in [5, 5.41) is 8.62. The number of anilines is 1. The smallest absolute Gasteiger partial charge is 0.268 e. The highest BCUT2D eigenvalue weighted by molar-refractivity contribution is 6.32. The molecular formula is C23H22Cl2N8O2. The second-order valence-electron chi connectivity index (χ2n) is 8.23. The molecule has 0 bridgehead atoms. The maximum absolute atomic E-state index is 13.2. The molecule has 0 aliphatic carbocycles. The van der Waals surface area contributed by atoms with Gasteiger partial charge in [0.25, 0.3) is 5.91 Å². The zero-order chi connectivity index (χ0) is 24.4. The molecule has 35 heavy (non-hydrogen) atoms. The van der Waals surface area contributed by atoms with Crippen LogP contribution in [0.5, 0.6) is 5.88 Å². The van der Waals surface area contributed by atoms with Crippen molar-refractivity contribution in [1.82, 2.24) is 34.6 Å². The molecular weight excluding hydrogens is 491 g/mol. The van der Waals surface area contributed by atoms with Crippen molar-refractivity contribution >= 4 is 46.0 Å². The zero-order valence-corrected chi connectivity index (χ0v) is 20.3. The van der Waals surface area contributed by atoms with Crippen molar-refractivity contribution in [2.45, 2.75) is 19.4 Å². The van der Waals surface area contributed by atoms with Crippen LogP contribution in [0.1, 0.15) is 13.3 Å². The summed E-state index contributed by atoms with van der Waals surface area (Å²) in [6.07, 6.45) is 6.28. The van der Waals surface area contributed by atoms with Gasteiger partial charge < -0.3 is 10.1 Å². The molecule has 4 aromatic rings. The Morgan fingerprint density at radius 1 is 1.17 bits per heavy atom. The summed E-state index contributed by atoms with van der Waals surface area (Å²) in [5.41, 5.74) is 0.462. The lowest BCUT2D eigenvalue weighted by atomic mass is 9.97. The summed E-state index contributed by atoms with van der Waals surface area (Å²) < 4.78 is 7.69. The van der Waals surface area contributed by atoms with E-state index >= 15 is 0 Å². The number of fused-ring (bicyclic) bond motifs is 1. The van der Waals surface area contributed by atoms with E-state index in [0.717, 1.165) is 19.5 Å². The number of carbonyl (C=O) groups is 1. The first-order valence-corrected chi connectivity index (χ1v) is 11.9. The van der Waals surface area contributed by atoms with Crippen LogP contribution in [-0.2, 0) is 4.79 Å². The van der Waals surface area contributed by atoms with Crippen molar-refractivity contribution in [3.8, 4) is 11.7 Å². The number of nitrogens with one attached hydrogen (secondary N) is 1. The first kappa shape index (κ1) is 23.4. The number of pyridine rings is 2. The molecule has 180 valence electrons. The number of rotatable bonds is 8. The number of carbonyl (C=O) groups excluding carboxylic acids is 1. The standard InChI is InChI=1S/C23H22Cl2N8O2/c1-2-14-10-32(11-14)12-18(22(34)31-19-6-5-15(24)8-27-19)35-23-16-9-30-33(20(16)28-13-29-23)21-17(25)4-3-7-26-21/h3-9,13-14,18H,2,10-12H2,1H3,(H,27,31,34). The van der Waals surface area contributed by atoms with Crippen LogP contribution in [-0.4, -0.2) is 66.3 Å². The lowest BCUT2D eigenvalue weighted by Gasteiger charge is -2.40. The van der Waals surface area contributed by atoms with E-state index in [1.54, 1.807) is 36.7 Å². The van der Waals surface area contributed by atoms with E-state index in [0.29, 0.717) is 45.2 Å². The number of ether oxygens (including phenoxy) is 1. The van der Waals surface area contributed by atoms with Crippen molar-refractivity contribution in [2.75, 3.05) is 25.0 Å². The molecule has 1 unspecified atom stereocenters. The summed E-state index contributed by atoms with van der Waals surface area (Å²) in [4.78, 5) is 32.5. The number of nitrogens with zero attached hydrogens (tertiary/aromatic N) is 7. The molecule has 5 rings (SSSR count). The van der Waals surface area contributed by atoms with Gasteiger partial charge in [0.15, 0.2) is 17.6 Å². The fourth-order valence-corrected chi connectivity index (χ4v) is 4.20.